The minimum Gasteiger partial charge on any atom is -0.394 e. The average Bonchev–Trinajstić information content (AvgIpc) is 2.92. The quantitative estimate of drug-likeness (QED) is 0.473. The van der Waals surface area contributed by atoms with Gasteiger partial charge in [0, 0.05) is 18.2 Å². The number of hydrogen-bond acceptors (Lipinski definition) is 6. The van der Waals surface area contributed by atoms with Crippen molar-refractivity contribution in [2.45, 2.75) is 24.7 Å². The van der Waals surface area contributed by atoms with E-state index >= 15 is 0 Å². The van der Waals surface area contributed by atoms with Crippen LogP contribution in [0.1, 0.15) is 18.1 Å². The summed E-state index contributed by atoms with van der Waals surface area (Å²) in [5.74, 6) is 0.0237. The van der Waals surface area contributed by atoms with Crippen LogP contribution in [0.15, 0.2) is 11.0 Å². The summed E-state index contributed by atoms with van der Waals surface area (Å²) in [4.78, 5) is 21.0. The number of ether oxygens (including phenoxy) is 1. The molecule has 1 fully saturated rings. The van der Waals surface area contributed by atoms with Gasteiger partial charge < -0.3 is 25.7 Å². The van der Waals surface area contributed by atoms with Crippen LogP contribution < -0.4 is 11.3 Å². The molecule has 19 heavy (non-hydrogen) atoms. The monoisotopic (exact) mass is 266 g/mol. The Morgan fingerprint density at radius 1 is 1.58 bits per heavy atom. The number of fused-ring (bicyclic) bond motifs is 1. The highest BCUT2D eigenvalue weighted by Gasteiger charge is 2.35. The number of nitrogens with zero attached hydrogens (tertiary/aromatic N) is 1. The first-order chi connectivity index (χ1) is 9.10. The van der Waals surface area contributed by atoms with Crippen molar-refractivity contribution in [3.8, 4) is 0 Å². The van der Waals surface area contributed by atoms with E-state index in [1.54, 1.807) is 6.20 Å². The maximum Gasteiger partial charge on any atom is 0.276 e. The summed E-state index contributed by atoms with van der Waals surface area (Å²) < 4.78 is 5.54. The lowest BCUT2D eigenvalue weighted by molar-refractivity contribution is -0.0222. The fourth-order valence-electron chi connectivity index (χ4n) is 2.39. The van der Waals surface area contributed by atoms with Crippen LogP contribution in [-0.4, -0.2) is 44.0 Å². The predicted octanol–water partition coefficient (Wildman–Crippen LogP) is -0.983. The molecule has 0 radical (unpaired) electrons. The number of rotatable bonds is 2. The zero-order valence-electron chi connectivity index (χ0n) is 9.96. The van der Waals surface area contributed by atoms with Gasteiger partial charge in [-0.25, -0.2) is 4.98 Å². The lowest BCUT2D eigenvalue weighted by Crippen LogP contribution is -2.24. The van der Waals surface area contributed by atoms with Gasteiger partial charge >= 0.3 is 0 Å². The summed E-state index contributed by atoms with van der Waals surface area (Å²) in [5.41, 5.74) is 6.56. The van der Waals surface area contributed by atoms with Gasteiger partial charge in [-0.05, 0) is 0 Å². The second kappa shape index (κ2) is 4.34. The summed E-state index contributed by atoms with van der Waals surface area (Å²) in [6, 6.07) is 0. The van der Waals surface area contributed by atoms with Crippen molar-refractivity contribution in [3.05, 3.63) is 22.1 Å². The van der Waals surface area contributed by atoms with E-state index in [1.807, 2.05) is 0 Å². The van der Waals surface area contributed by atoms with Gasteiger partial charge in [-0.1, -0.05) is 0 Å². The average molecular weight is 266 g/mol. The number of aromatic amines is 2. The highest BCUT2D eigenvalue weighted by molar-refractivity contribution is 5.79. The van der Waals surface area contributed by atoms with Gasteiger partial charge in [0.15, 0.2) is 0 Å². The van der Waals surface area contributed by atoms with Crippen molar-refractivity contribution >= 4 is 17.0 Å². The zero-order chi connectivity index (χ0) is 13.6. The molecule has 3 heterocycles. The van der Waals surface area contributed by atoms with Gasteiger partial charge in [0.1, 0.15) is 17.1 Å². The van der Waals surface area contributed by atoms with Gasteiger partial charge in [-0.2, -0.15) is 0 Å². The van der Waals surface area contributed by atoms with Gasteiger partial charge in [0.25, 0.3) is 5.56 Å². The standard InChI is InChI=1S/C11H14N4O4/c12-11-14-8-4(2-13-9(8)10(18)15-11)6-1-5(17)7(3-16)19-6/h2,5-7,13,16-17H,1,3H2,(H3,12,14,15,18). The maximum absolute atomic E-state index is 11.7. The van der Waals surface area contributed by atoms with Crippen molar-refractivity contribution in [2.24, 2.45) is 0 Å². The molecule has 0 bridgehead atoms. The normalized spacial score (nSPS) is 27.2. The molecule has 1 aliphatic heterocycles. The van der Waals surface area contributed by atoms with Crippen molar-refractivity contribution in [2.75, 3.05) is 12.3 Å². The largest absolute Gasteiger partial charge is 0.394 e. The molecule has 0 amide bonds. The Hall–Kier alpha value is -1.90. The molecule has 3 rings (SSSR count). The minimum absolute atomic E-state index is 0.0237. The van der Waals surface area contributed by atoms with Crippen molar-refractivity contribution in [1.29, 1.82) is 0 Å². The molecule has 1 aliphatic rings. The molecule has 0 aliphatic carbocycles. The lowest BCUT2D eigenvalue weighted by atomic mass is 10.1. The summed E-state index contributed by atoms with van der Waals surface area (Å²) in [5, 5.41) is 18.8. The van der Waals surface area contributed by atoms with Crippen molar-refractivity contribution in [3.63, 3.8) is 0 Å². The molecule has 2 aromatic heterocycles. The van der Waals surface area contributed by atoms with Gasteiger partial charge in [0.05, 0.1) is 18.8 Å². The van der Waals surface area contributed by atoms with Crippen LogP contribution in [-0.2, 0) is 4.74 Å². The van der Waals surface area contributed by atoms with E-state index in [0.29, 0.717) is 23.0 Å². The van der Waals surface area contributed by atoms with Gasteiger partial charge in [0.2, 0.25) is 5.95 Å². The van der Waals surface area contributed by atoms with E-state index in [4.69, 9.17) is 15.6 Å². The van der Waals surface area contributed by atoms with Crippen LogP contribution in [0.25, 0.3) is 11.0 Å². The van der Waals surface area contributed by atoms with E-state index in [1.165, 1.54) is 0 Å². The zero-order valence-corrected chi connectivity index (χ0v) is 9.96. The molecular formula is C11H14N4O4. The first kappa shape index (κ1) is 12.2. The van der Waals surface area contributed by atoms with Crippen LogP contribution in [0.3, 0.4) is 0 Å². The number of anilines is 1. The number of nitrogens with two attached hydrogens (primary N) is 1. The van der Waals surface area contributed by atoms with E-state index in [9.17, 15) is 9.90 Å². The molecule has 2 aromatic rings. The van der Waals surface area contributed by atoms with Crippen LogP contribution in [0, 0.1) is 0 Å². The van der Waals surface area contributed by atoms with Crippen LogP contribution >= 0.6 is 0 Å². The smallest absolute Gasteiger partial charge is 0.276 e. The second-order valence-electron chi connectivity index (χ2n) is 4.57. The molecule has 1 saturated heterocycles. The Morgan fingerprint density at radius 3 is 3.05 bits per heavy atom. The van der Waals surface area contributed by atoms with Crippen LogP contribution in [0.2, 0.25) is 0 Å². The number of H-pyrrole nitrogens is 2. The molecular weight excluding hydrogens is 252 g/mol. The van der Waals surface area contributed by atoms with E-state index in [-0.39, 0.29) is 18.1 Å². The van der Waals surface area contributed by atoms with Crippen LogP contribution in [0.4, 0.5) is 5.95 Å². The maximum atomic E-state index is 11.7. The molecule has 3 atom stereocenters. The molecule has 0 aromatic carbocycles. The Morgan fingerprint density at radius 2 is 2.37 bits per heavy atom. The predicted molar refractivity (Wildman–Crippen MR) is 66.5 cm³/mol. The third-order valence-electron chi connectivity index (χ3n) is 3.33. The minimum atomic E-state index is -0.737. The molecule has 6 N–H and O–H groups in total. The van der Waals surface area contributed by atoms with Crippen LogP contribution in [0.5, 0.6) is 0 Å². The van der Waals surface area contributed by atoms with Crippen molar-refractivity contribution in [1.82, 2.24) is 15.0 Å². The molecule has 3 unspecified atom stereocenters. The molecule has 8 nitrogen and oxygen atoms in total. The van der Waals surface area contributed by atoms with E-state index < -0.39 is 18.3 Å². The first-order valence-electron chi connectivity index (χ1n) is 5.91. The summed E-state index contributed by atoms with van der Waals surface area (Å²) in [7, 11) is 0. The number of nitrogens with one attached hydrogen (secondary N) is 2. The number of hydrogen-bond donors (Lipinski definition) is 5. The third kappa shape index (κ3) is 1.89. The van der Waals surface area contributed by atoms with E-state index in [2.05, 4.69) is 15.0 Å². The first-order valence-corrected chi connectivity index (χ1v) is 5.91. The Bertz CT molecular complexity index is 664. The van der Waals surface area contributed by atoms with Crippen molar-refractivity contribution < 1.29 is 14.9 Å². The van der Waals surface area contributed by atoms with Gasteiger partial charge in [-0.15, -0.1) is 0 Å². The molecule has 0 spiro atoms. The second-order valence-corrected chi connectivity index (χ2v) is 4.57. The fraction of sp³-hybridized carbons (Fsp3) is 0.455. The SMILES string of the molecule is Nc1nc2c(C3CC(O)C(CO)O3)c[nH]c2c(=O)[nH]1. The molecule has 0 saturated carbocycles. The van der Waals surface area contributed by atoms with Gasteiger partial charge in [-0.3, -0.25) is 9.78 Å². The summed E-state index contributed by atoms with van der Waals surface area (Å²) >= 11 is 0. The Labute approximate surface area is 107 Å². The highest BCUT2D eigenvalue weighted by Crippen LogP contribution is 2.35. The number of aliphatic hydroxyl groups is 2. The Kier molecular flexibility index (Phi) is 2.77. The third-order valence-corrected chi connectivity index (χ3v) is 3.33. The van der Waals surface area contributed by atoms with E-state index in [0.717, 1.165) is 0 Å². The summed E-state index contributed by atoms with van der Waals surface area (Å²) in [6.45, 7) is -0.254. The fourth-order valence-corrected chi connectivity index (χ4v) is 2.39. The number of aliphatic hydroxyl groups excluding tert-OH is 2. The number of nitrogen functional groups attached to an aromatic ring is 1. The topological polar surface area (TPSA) is 137 Å². The molecule has 102 valence electrons. The Balaban J connectivity index is 2.05. The highest BCUT2D eigenvalue weighted by atomic mass is 16.5. The summed E-state index contributed by atoms with van der Waals surface area (Å²) in [6.07, 6.45) is 0.180. The number of aromatic nitrogens is 3. The molecule has 8 heteroatoms. The lowest BCUT2D eigenvalue weighted by Gasteiger charge is -2.11.